The van der Waals surface area contributed by atoms with Crippen LogP contribution in [0.3, 0.4) is 0 Å². The smallest absolute Gasteiger partial charge is 0.410 e. The van der Waals surface area contributed by atoms with Gasteiger partial charge in [-0.3, -0.25) is 0 Å². The van der Waals surface area contributed by atoms with Crippen LogP contribution in [0.2, 0.25) is 0 Å². The van der Waals surface area contributed by atoms with Crippen molar-refractivity contribution in [3.63, 3.8) is 0 Å². The Morgan fingerprint density at radius 1 is 1.30 bits per heavy atom. The molecule has 0 aliphatic carbocycles. The van der Waals surface area contributed by atoms with Crippen LogP contribution < -0.4 is 0 Å². The van der Waals surface area contributed by atoms with Crippen LogP contribution in [0.4, 0.5) is 4.79 Å². The number of carbonyl (C=O) groups excluding carboxylic acids is 1. The van der Waals surface area contributed by atoms with Gasteiger partial charge in [0, 0.05) is 13.1 Å². The number of piperidine rings is 1. The molecule has 2 heterocycles. The predicted octanol–water partition coefficient (Wildman–Crippen LogP) is 1.96. The fourth-order valence-electron chi connectivity index (χ4n) is 2.39. The normalized spacial score (nSPS) is 19.5. The summed E-state index contributed by atoms with van der Waals surface area (Å²) in [5, 5.41) is 6.87. The second-order valence-corrected chi connectivity index (χ2v) is 8.92. The minimum absolute atomic E-state index is 0.0425. The Balaban J connectivity index is 2.14. The summed E-state index contributed by atoms with van der Waals surface area (Å²) in [6.45, 7) is 7.71. The molecule has 0 aromatic carbocycles. The zero-order valence-corrected chi connectivity index (χ0v) is 14.8. The largest absolute Gasteiger partial charge is 0.444 e. The van der Waals surface area contributed by atoms with E-state index >= 15 is 0 Å². The van der Waals surface area contributed by atoms with Crippen LogP contribution in [-0.2, 0) is 14.6 Å². The number of hydrogen-bond donors (Lipinski definition) is 0. The summed E-state index contributed by atoms with van der Waals surface area (Å²) >= 11 is 0. The third kappa shape index (κ3) is 4.40. The number of hydrogen-bond acceptors (Lipinski definition) is 6. The Morgan fingerprint density at radius 3 is 2.57 bits per heavy atom. The number of nitrogens with zero attached hydrogens (tertiary/aromatic N) is 3. The van der Waals surface area contributed by atoms with Crippen molar-refractivity contribution in [2.75, 3.05) is 13.1 Å². The van der Waals surface area contributed by atoms with Crippen LogP contribution in [0.15, 0.2) is 17.2 Å². The standard InChI is InChI=1S/C15H23N3O4S/c1-11-7-8-13(17-16-11)23(20,21)12-6-5-9-18(10-12)14(19)22-15(2,3)4/h7-8,12H,5-6,9-10H2,1-4H3/t12-/m1/s1. The molecule has 2 rings (SSSR count). The molecule has 23 heavy (non-hydrogen) atoms. The number of aryl methyl sites for hydroxylation is 1. The Morgan fingerprint density at radius 2 is 2.00 bits per heavy atom. The van der Waals surface area contributed by atoms with Crippen LogP contribution in [0.5, 0.6) is 0 Å². The van der Waals surface area contributed by atoms with Gasteiger partial charge in [0.25, 0.3) is 0 Å². The van der Waals surface area contributed by atoms with Crippen molar-refractivity contribution in [1.82, 2.24) is 15.1 Å². The molecular formula is C15H23N3O4S. The van der Waals surface area contributed by atoms with Gasteiger partial charge >= 0.3 is 6.09 Å². The first-order valence-electron chi connectivity index (χ1n) is 7.62. The molecule has 0 unspecified atom stereocenters. The molecule has 1 aromatic rings. The van der Waals surface area contributed by atoms with Crippen LogP contribution >= 0.6 is 0 Å². The van der Waals surface area contributed by atoms with Crippen LogP contribution in [0.25, 0.3) is 0 Å². The molecule has 0 N–H and O–H groups in total. The van der Waals surface area contributed by atoms with Gasteiger partial charge in [0.1, 0.15) is 5.60 Å². The molecule has 0 saturated carbocycles. The van der Waals surface area contributed by atoms with Crippen molar-refractivity contribution in [2.45, 2.75) is 56.4 Å². The zero-order chi connectivity index (χ0) is 17.3. The van der Waals surface area contributed by atoms with Gasteiger partial charge in [-0.05, 0) is 52.7 Å². The first-order chi connectivity index (χ1) is 10.6. The number of likely N-dealkylation sites (tertiary alicyclic amines) is 1. The fourth-order valence-corrected chi connectivity index (χ4v) is 4.00. The molecular weight excluding hydrogens is 318 g/mol. The summed E-state index contributed by atoms with van der Waals surface area (Å²) in [6, 6.07) is 3.08. The van der Waals surface area contributed by atoms with Crippen molar-refractivity contribution in [1.29, 1.82) is 0 Å². The van der Waals surface area contributed by atoms with Gasteiger partial charge in [-0.15, -0.1) is 5.10 Å². The van der Waals surface area contributed by atoms with E-state index in [1.165, 1.54) is 11.0 Å². The molecule has 1 aromatic heterocycles. The van der Waals surface area contributed by atoms with Gasteiger partial charge in [-0.25, -0.2) is 13.2 Å². The molecule has 8 heteroatoms. The topological polar surface area (TPSA) is 89.5 Å². The zero-order valence-electron chi connectivity index (χ0n) is 13.9. The highest BCUT2D eigenvalue weighted by molar-refractivity contribution is 7.92. The van der Waals surface area contributed by atoms with E-state index in [0.29, 0.717) is 25.1 Å². The van der Waals surface area contributed by atoms with Gasteiger partial charge < -0.3 is 9.64 Å². The Kier molecular flexibility index (Phi) is 4.93. The maximum Gasteiger partial charge on any atom is 0.410 e. The highest BCUT2D eigenvalue weighted by atomic mass is 32.2. The lowest BCUT2D eigenvalue weighted by atomic mass is 10.1. The van der Waals surface area contributed by atoms with Crippen molar-refractivity contribution in [2.24, 2.45) is 0 Å². The van der Waals surface area contributed by atoms with E-state index in [4.69, 9.17) is 4.74 Å². The summed E-state index contributed by atoms with van der Waals surface area (Å²) in [5.74, 6) is 0. The average molecular weight is 341 g/mol. The van der Waals surface area contributed by atoms with E-state index in [2.05, 4.69) is 10.2 Å². The SMILES string of the molecule is Cc1ccc(S(=O)(=O)[C@@H]2CCCN(C(=O)OC(C)(C)C)C2)nn1. The molecule has 1 aliphatic rings. The summed E-state index contributed by atoms with van der Waals surface area (Å²) in [7, 11) is -3.61. The molecule has 1 amide bonds. The average Bonchev–Trinajstić information content (AvgIpc) is 2.46. The Bertz CT molecular complexity index is 665. The minimum Gasteiger partial charge on any atom is -0.444 e. The Hall–Kier alpha value is -1.70. The number of aromatic nitrogens is 2. The number of carbonyl (C=O) groups is 1. The minimum atomic E-state index is -3.61. The first-order valence-corrected chi connectivity index (χ1v) is 9.16. The lowest BCUT2D eigenvalue weighted by molar-refractivity contribution is 0.0219. The van der Waals surface area contributed by atoms with Crippen molar-refractivity contribution < 1.29 is 17.9 Å². The van der Waals surface area contributed by atoms with Crippen molar-refractivity contribution in [3.8, 4) is 0 Å². The highest BCUT2D eigenvalue weighted by Crippen LogP contribution is 2.23. The van der Waals surface area contributed by atoms with Crippen LogP contribution in [0, 0.1) is 6.92 Å². The van der Waals surface area contributed by atoms with Gasteiger partial charge in [0.15, 0.2) is 5.03 Å². The van der Waals surface area contributed by atoms with E-state index in [1.807, 2.05) is 0 Å². The lowest BCUT2D eigenvalue weighted by Crippen LogP contribution is -2.47. The molecule has 1 atom stereocenters. The maximum absolute atomic E-state index is 12.7. The number of amides is 1. The van der Waals surface area contributed by atoms with Crippen molar-refractivity contribution >= 4 is 15.9 Å². The van der Waals surface area contributed by atoms with E-state index < -0.39 is 26.8 Å². The number of rotatable bonds is 2. The summed E-state index contributed by atoms with van der Waals surface area (Å²) in [5.41, 5.74) is 0.0497. The van der Waals surface area contributed by atoms with Gasteiger partial charge in [-0.2, -0.15) is 5.10 Å². The summed E-state index contributed by atoms with van der Waals surface area (Å²) in [6.07, 6.45) is 0.631. The summed E-state index contributed by atoms with van der Waals surface area (Å²) < 4.78 is 30.7. The van der Waals surface area contributed by atoms with Gasteiger partial charge in [-0.1, -0.05) is 0 Å². The summed E-state index contributed by atoms with van der Waals surface area (Å²) in [4.78, 5) is 13.6. The van der Waals surface area contributed by atoms with Crippen LogP contribution in [-0.4, -0.2) is 53.5 Å². The maximum atomic E-state index is 12.7. The van der Waals surface area contributed by atoms with E-state index in [1.54, 1.807) is 33.8 Å². The van der Waals surface area contributed by atoms with E-state index in [0.717, 1.165) is 0 Å². The lowest BCUT2D eigenvalue weighted by Gasteiger charge is -2.33. The van der Waals surface area contributed by atoms with Crippen LogP contribution in [0.1, 0.15) is 39.3 Å². The second-order valence-electron chi connectivity index (χ2n) is 6.75. The highest BCUT2D eigenvalue weighted by Gasteiger charge is 2.36. The van der Waals surface area contributed by atoms with Crippen molar-refractivity contribution in [3.05, 3.63) is 17.8 Å². The van der Waals surface area contributed by atoms with E-state index in [-0.39, 0.29) is 11.6 Å². The third-order valence-electron chi connectivity index (χ3n) is 3.53. The molecule has 0 bridgehead atoms. The first kappa shape index (κ1) is 17.7. The molecule has 0 spiro atoms. The molecule has 1 fully saturated rings. The third-order valence-corrected chi connectivity index (χ3v) is 5.60. The molecule has 128 valence electrons. The van der Waals surface area contributed by atoms with E-state index in [9.17, 15) is 13.2 Å². The second kappa shape index (κ2) is 6.43. The monoisotopic (exact) mass is 341 g/mol. The quantitative estimate of drug-likeness (QED) is 0.817. The molecule has 1 aliphatic heterocycles. The fraction of sp³-hybridized carbons (Fsp3) is 0.667. The molecule has 1 saturated heterocycles. The van der Waals surface area contributed by atoms with Gasteiger partial charge in [0.2, 0.25) is 9.84 Å². The number of sulfone groups is 1. The predicted molar refractivity (Wildman–Crippen MR) is 84.8 cm³/mol. The van der Waals surface area contributed by atoms with Gasteiger partial charge in [0.05, 0.1) is 10.9 Å². The molecule has 0 radical (unpaired) electrons. The number of ether oxygens (including phenoxy) is 1. The Labute approximate surface area is 137 Å². The molecule has 7 nitrogen and oxygen atoms in total.